The zero-order chi connectivity index (χ0) is 20.5. The number of hydrogen-bond acceptors (Lipinski definition) is 2. The van der Waals surface area contributed by atoms with E-state index in [-0.39, 0.29) is 17.3 Å². The van der Waals surface area contributed by atoms with Gasteiger partial charge in [0.1, 0.15) is 0 Å². The lowest BCUT2D eigenvalue weighted by molar-refractivity contribution is -0.137. The number of halogens is 4. The number of likely N-dealkylation sites (tertiary alicyclic amines) is 1. The minimum Gasteiger partial charge on any atom is -0.336 e. The Bertz CT molecular complexity index is 868. The van der Waals surface area contributed by atoms with E-state index in [4.69, 9.17) is 11.6 Å². The highest BCUT2D eigenvalue weighted by Gasteiger charge is 2.38. The van der Waals surface area contributed by atoms with Gasteiger partial charge in [-0.25, -0.2) is 0 Å². The fraction of sp³-hybridized carbons (Fsp3) is 0.381. The lowest BCUT2D eigenvalue weighted by atomic mass is 9.93. The Morgan fingerprint density at radius 1 is 1.21 bits per heavy atom. The zero-order valence-electron chi connectivity index (χ0n) is 15.7. The summed E-state index contributed by atoms with van der Waals surface area (Å²) in [4.78, 5) is 14.9. The van der Waals surface area contributed by atoms with Gasteiger partial charge in [-0.2, -0.15) is 13.2 Å². The van der Waals surface area contributed by atoms with Crippen molar-refractivity contribution in [1.82, 2.24) is 10.2 Å². The highest BCUT2D eigenvalue weighted by Crippen LogP contribution is 2.42. The molecule has 0 unspecified atom stereocenters. The second kappa shape index (κ2) is 8.13. The van der Waals surface area contributed by atoms with Crippen LogP contribution >= 0.6 is 11.6 Å². The SMILES string of the molecule is Cc1c(-c2ccccc2)cc(C(=O)N[C@@H]2CCCCN2C)c(Cl)c1C(F)(F)F. The molecule has 0 aliphatic carbocycles. The number of piperidine rings is 1. The first-order chi connectivity index (χ1) is 13.2. The molecule has 1 N–H and O–H groups in total. The maximum Gasteiger partial charge on any atom is 0.418 e. The van der Waals surface area contributed by atoms with Gasteiger partial charge in [-0.05, 0) is 62.5 Å². The summed E-state index contributed by atoms with van der Waals surface area (Å²) in [5.41, 5.74) is -0.157. The minimum absolute atomic E-state index is 0.00929. The number of benzene rings is 2. The number of rotatable bonds is 3. The van der Waals surface area contributed by atoms with Gasteiger partial charge in [0.15, 0.2) is 0 Å². The second-order valence-corrected chi connectivity index (χ2v) is 7.49. The zero-order valence-corrected chi connectivity index (χ0v) is 16.5. The number of carbonyl (C=O) groups excluding carboxylic acids is 1. The summed E-state index contributed by atoms with van der Waals surface area (Å²) < 4.78 is 41.2. The predicted molar refractivity (Wildman–Crippen MR) is 104 cm³/mol. The molecule has 2 aromatic carbocycles. The van der Waals surface area contributed by atoms with Crippen LogP contribution in [0, 0.1) is 6.92 Å². The number of carbonyl (C=O) groups is 1. The van der Waals surface area contributed by atoms with Crippen molar-refractivity contribution in [3.05, 3.63) is 58.1 Å². The van der Waals surface area contributed by atoms with Gasteiger partial charge in [0.2, 0.25) is 0 Å². The smallest absolute Gasteiger partial charge is 0.336 e. The summed E-state index contributed by atoms with van der Waals surface area (Å²) in [5.74, 6) is -0.591. The summed E-state index contributed by atoms with van der Waals surface area (Å²) in [6, 6.07) is 10.2. The summed E-state index contributed by atoms with van der Waals surface area (Å²) in [7, 11) is 1.89. The van der Waals surface area contributed by atoms with Gasteiger partial charge in [0.05, 0.1) is 22.3 Å². The van der Waals surface area contributed by atoms with Crippen molar-refractivity contribution in [2.75, 3.05) is 13.6 Å². The van der Waals surface area contributed by atoms with E-state index in [0.29, 0.717) is 11.1 Å². The Morgan fingerprint density at radius 3 is 2.50 bits per heavy atom. The van der Waals surface area contributed by atoms with Crippen molar-refractivity contribution in [2.45, 2.75) is 38.5 Å². The van der Waals surface area contributed by atoms with Crippen molar-refractivity contribution in [1.29, 1.82) is 0 Å². The van der Waals surface area contributed by atoms with E-state index in [1.54, 1.807) is 30.3 Å². The summed E-state index contributed by atoms with van der Waals surface area (Å²) in [6.45, 7) is 2.21. The van der Waals surface area contributed by atoms with Gasteiger partial charge >= 0.3 is 6.18 Å². The standard InChI is InChI=1S/C21H22ClF3N2O/c1-13-15(14-8-4-3-5-9-14)12-16(19(22)18(13)21(23,24)25)20(28)26-17-10-6-7-11-27(17)2/h3-5,8-9,12,17H,6-7,10-11H2,1-2H3,(H,26,28)/t17-/m0/s1. The van der Waals surface area contributed by atoms with Crippen molar-refractivity contribution in [3.8, 4) is 11.1 Å². The van der Waals surface area contributed by atoms with Gasteiger partial charge in [0.25, 0.3) is 5.91 Å². The van der Waals surface area contributed by atoms with Gasteiger partial charge < -0.3 is 5.32 Å². The van der Waals surface area contributed by atoms with Crippen molar-refractivity contribution < 1.29 is 18.0 Å². The number of hydrogen-bond donors (Lipinski definition) is 1. The van der Waals surface area contributed by atoms with Crippen LogP contribution in [0.4, 0.5) is 13.2 Å². The van der Waals surface area contributed by atoms with Crippen LogP contribution in [0.3, 0.4) is 0 Å². The van der Waals surface area contributed by atoms with Gasteiger partial charge in [-0.1, -0.05) is 41.9 Å². The van der Waals surface area contributed by atoms with Crippen LogP contribution in [0.2, 0.25) is 5.02 Å². The molecular weight excluding hydrogens is 389 g/mol. The van der Waals surface area contributed by atoms with E-state index < -0.39 is 22.7 Å². The lowest BCUT2D eigenvalue weighted by Gasteiger charge is -2.33. The molecule has 0 saturated carbocycles. The molecular formula is C21H22ClF3N2O. The molecule has 7 heteroatoms. The lowest BCUT2D eigenvalue weighted by Crippen LogP contribution is -2.48. The van der Waals surface area contributed by atoms with E-state index in [9.17, 15) is 18.0 Å². The molecule has 0 spiro atoms. The van der Waals surface area contributed by atoms with E-state index in [1.807, 2.05) is 11.9 Å². The van der Waals surface area contributed by atoms with Crippen LogP contribution in [0.5, 0.6) is 0 Å². The molecule has 1 saturated heterocycles. The third-order valence-corrected chi connectivity index (χ3v) is 5.60. The highest BCUT2D eigenvalue weighted by atomic mass is 35.5. The van der Waals surface area contributed by atoms with Crippen LogP contribution in [0.25, 0.3) is 11.1 Å². The molecule has 28 heavy (non-hydrogen) atoms. The normalized spacial score (nSPS) is 18.1. The maximum atomic E-state index is 13.7. The van der Waals surface area contributed by atoms with Crippen LogP contribution in [0.1, 0.15) is 40.7 Å². The Morgan fingerprint density at radius 2 is 1.89 bits per heavy atom. The van der Waals surface area contributed by atoms with E-state index in [1.165, 1.54) is 13.0 Å². The van der Waals surface area contributed by atoms with Crippen molar-refractivity contribution in [2.24, 2.45) is 0 Å². The molecule has 0 aromatic heterocycles. The number of nitrogens with one attached hydrogen (secondary N) is 1. The highest BCUT2D eigenvalue weighted by molar-refractivity contribution is 6.35. The summed E-state index contributed by atoms with van der Waals surface area (Å²) in [5, 5.41) is 2.28. The third kappa shape index (κ3) is 4.18. The average Bonchev–Trinajstić information content (AvgIpc) is 2.63. The minimum atomic E-state index is -4.66. The van der Waals surface area contributed by atoms with Gasteiger partial charge in [0, 0.05) is 0 Å². The Kier molecular flexibility index (Phi) is 6.01. The molecule has 1 heterocycles. The molecule has 1 fully saturated rings. The molecule has 150 valence electrons. The molecule has 0 radical (unpaired) electrons. The molecule has 0 bridgehead atoms. The molecule has 1 aliphatic rings. The quantitative estimate of drug-likeness (QED) is 0.724. The second-order valence-electron chi connectivity index (χ2n) is 7.12. The van der Waals surface area contributed by atoms with Crippen LogP contribution < -0.4 is 5.32 Å². The molecule has 1 amide bonds. The first-order valence-electron chi connectivity index (χ1n) is 9.17. The average molecular weight is 411 g/mol. The summed E-state index contributed by atoms with van der Waals surface area (Å²) in [6.07, 6.45) is -2.13. The third-order valence-electron chi connectivity index (χ3n) is 5.20. The fourth-order valence-corrected chi connectivity index (χ4v) is 4.05. The largest absolute Gasteiger partial charge is 0.418 e. The van der Waals surface area contributed by atoms with Crippen LogP contribution in [-0.4, -0.2) is 30.6 Å². The monoisotopic (exact) mass is 410 g/mol. The predicted octanol–water partition coefficient (Wildman–Crippen LogP) is 5.51. The molecule has 3 rings (SSSR count). The first-order valence-corrected chi connectivity index (χ1v) is 9.54. The first kappa shape index (κ1) is 20.7. The molecule has 1 aliphatic heterocycles. The molecule has 2 aromatic rings. The molecule has 3 nitrogen and oxygen atoms in total. The topological polar surface area (TPSA) is 32.3 Å². The van der Waals surface area contributed by atoms with E-state index >= 15 is 0 Å². The number of alkyl halides is 3. The van der Waals surface area contributed by atoms with E-state index in [2.05, 4.69) is 5.32 Å². The number of amides is 1. The Hall–Kier alpha value is -2.05. The van der Waals surface area contributed by atoms with Crippen LogP contribution in [-0.2, 0) is 6.18 Å². The maximum absolute atomic E-state index is 13.7. The Balaban J connectivity index is 2.08. The van der Waals surface area contributed by atoms with E-state index in [0.717, 1.165) is 25.8 Å². The summed E-state index contributed by atoms with van der Waals surface area (Å²) >= 11 is 6.11. The fourth-order valence-electron chi connectivity index (χ4n) is 3.66. The van der Waals surface area contributed by atoms with Crippen molar-refractivity contribution >= 4 is 17.5 Å². The van der Waals surface area contributed by atoms with Gasteiger partial charge in [-0.15, -0.1) is 0 Å². The van der Waals surface area contributed by atoms with Crippen molar-refractivity contribution in [3.63, 3.8) is 0 Å². The Labute approximate surface area is 167 Å². The molecule has 1 atom stereocenters. The van der Waals surface area contributed by atoms with Crippen LogP contribution in [0.15, 0.2) is 36.4 Å². The number of nitrogens with zero attached hydrogens (tertiary/aromatic N) is 1. The van der Waals surface area contributed by atoms with Gasteiger partial charge in [-0.3, -0.25) is 9.69 Å².